The molecule has 0 radical (unpaired) electrons. The van der Waals surface area contributed by atoms with Crippen LogP contribution < -0.4 is 5.73 Å². The third kappa shape index (κ3) is 4.74. The summed E-state index contributed by atoms with van der Waals surface area (Å²) in [5.41, 5.74) is 6.00. The molecular formula is C11H17FN4O3. The first-order valence-corrected chi connectivity index (χ1v) is 5.87. The van der Waals surface area contributed by atoms with Crippen LogP contribution in [0.1, 0.15) is 19.0 Å². The molecule has 1 aromatic rings. The summed E-state index contributed by atoms with van der Waals surface area (Å²) in [7, 11) is 0. The maximum atomic E-state index is 12.1. The van der Waals surface area contributed by atoms with Gasteiger partial charge in [0.2, 0.25) is 0 Å². The molecule has 0 aliphatic rings. The molecule has 2 atom stereocenters. The van der Waals surface area contributed by atoms with Crippen molar-refractivity contribution in [2.45, 2.75) is 32.4 Å². The lowest BCUT2D eigenvalue weighted by molar-refractivity contribution is -0.142. The number of halogens is 1. The number of rotatable bonds is 8. The highest BCUT2D eigenvalue weighted by Crippen LogP contribution is 2.13. The number of aliphatic carboxylic acids is 1. The summed E-state index contributed by atoms with van der Waals surface area (Å²) in [5.74, 6) is -2.11. The van der Waals surface area contributed by atoms with Gasteiger partial charge in [-0.3, -0.25) is 9.59 Å². The van der Waals surface area contributed by atoms with E-state index in [2.05, 4.69) is 10.3 Å². The Morgan fingerprint density at radius 1 is 1.58 bits per heavy atom. The van der Waals surface area contributed by atoms with Crippen molar-refractivity contribution in [1.29, 1.82) is 0 Å². The number of carboxylic acid groups (broad SMARTS) is 1. The van der Waals surface area contributed by atoms with E-state index in [1.807, 2.05) is 0 Å². The number of nitrogens with zero attached hydrogens (tertiary/aromatic N) is 3. The number of aryl methyl sites for hydroxylation is 1. The summed E-state index contributed by atoms with van der Waals surface area (Å²) in [6.07, 6.45) is 1.65. The molecule has 0 spiro atoms. The Labute approximate surface area is 109 Å². The second-order valence-corrected chi connectivity index (χ2v) is 4.35. The van der Waals surface area contributed by atoms with Gasteiger partial charge in [0, 0.05) is 12.6 Å². The largest absolute Gasteiger partial charge is 0.481 e. The number of Topliss-reactive ketones (excluding diaryl/α,β-unsaturated/α-hetero) is 1. The van der Waals surface area contributed by atoms with Gasteiger partial charge in [-0.25, -0.2) is 9.07 Å². The van der Waals surface area contributed by atoms with Crippen molar-refractivity contribution in [1.82, 2.24) is 15.0 Å². The summed E-state index contributed by atoms with van der Waals surface area (Å²) in [4.78, 5) is 22.2. The molecular weight excluding hydrogens is 254 g/mol. The van der Waals surface area contributed by atoms with Crippen LogP contribution in [0.5, 0.6) is 0 Å². The number of hydrogen-bond donors (Lipinski definition) is 2. The van der Waals surface area contributed by atoms with Crippen molar-refractivity contribution < 1.29 is 19.1 Å². The first-order valence-electron chi connectivity index (χ1n) is 5.87. The second kappa shape index (κ2) is 6.93. The van der Waals surface area contributed by atoms with Crippen LogP contribution in [0.3, 0.4) is 0 Å². The van der Waals surface area contributed by atoms with Crippen LogP contribution in [0, 0.1) is 5.92 Å². The van der Waals surface area contributed by atoms with E-state index in [0.717, 1.165) is 0 Å². The Morgan fingerprint density at radius 3 is 2.79 bits per heavy atom. The zero-order chi connectivity index (χ0) is 14.4. The van der Waals surface area contributed by atoms with E-state index < -0.39 is 24.6 Å². The van der Waals surface area contributed by atoms with Crippen molar-refractivity contribution in [2.75, 3.05) is 6.67 Å². The van der Waals surface area contributed by atoms with Crippen LogP contribution in [0.25, 0.3) is 0 Å². The van der Waals surface area contributed by atoms with Gasteiger partial charge in [0.25, 0.3) is 0 Å². The van der Waals surface area contributed by atoms with Gasteiger partial charge in [0.1, 0.15) is 12.5 Å². The van der Waals surface area contributed by atoms with E-state index in [1.165, 1.54) is 17.8 Å². The van der Waals surface area contributed by atoms with Gasteiger partial charge >= 0.3 is 5.97 Å². The molecule has 0 saturated heterocycles. The van der Waals surface area contributed by atoms with E-state index in [-0.39, 0.29) is 25.2 Å². The molecule has 1 rings (SSSR count). The molecule has 19 heavy (non-hydrogen) atoms. The molecule has 3 N–H and O–H groups in total. The van der Waals surface area contributed by atoms with Crippen LogP contribution >= 0.6 is 0 Å². The molecule has 7 nitrogen and oxygen atoms in total. The quantitative estimate of drug-likeness (QED) is 0.677. The molecule has 1 heterocycles. The van der Waals surface area contributed by atoms with Gasteiger partial charge in [0.05, 0.1) is 24.2 Å². The SMILES string of the molecule is CC(=O)[C@@H](N)CC(Cc1cn(CC[18F])nn1)C(=O)O. The lowest BCUT2D eigenvalue weighted by atomic mass is 9.94. The summed E-state index contributed by atoms with van der Waals surface area (Å²) in [6.45, 7) is 0.833. The van der Waals surface area contributed by atoms with Gasteiger partial charge in [-0.15, -0.1) is 5.10 Å². The van der Waals surface area contributed by atoms with E-state index >= 15 is 0 Å². The zero-order valence-corrected chi connectivity index (χ0v) is 10.6. The normalized spacial score (nSPS) is 14.1. The fourth-order valence-electron chi connectivity index (χ4n) is 1.62. The molecule has 0 saturated carbocycles. The smallest absolute Gasteiger partial charge is 0.306 e. The third-order valence-electron chi connectivity index (χ3n) is 2.77. The topological polar surface area (TPSA) is 111 Å². The Balaban J connectivity index is 2.67. The minimum Gasteiger partial charge on any atom is -0.481 e. The summed E-state index contributed by atoms with van der Waals surface area (Å²) >= 11 is 0. The Hall–Kier alpha value is -1.83. The average molecular weight is 271 g/mol. The number of ketones is 1. The lowest BCUT2D eigenvalue weighted by Gasteiger charge is -2.14. The highest BCUT2D eigenvalue weighted by Gasteiger charge is 2.24. The summed E-state index contributed by atoms with van der Waals surface area (Å²) < 4.78 is 13.4. The fourth-order valence-corrected chi connectivity index (χ4v) is 1.62. The zero-order valence-electron chi connectivity index (χ0n) is 10.6. The van der Waals surface area contributed by atoms with Crippen molar-refractivity contribution in [2.24, 2.45) is 11.7 Å². The minimum atomic E-state index is -1.04. The van der Waals surface area contributed by atoms with Crippen LogP contribution in [-0.2, 0) is 22.6 Å². The van der Waals surface area contributed by atoms with E-state index in [0.29, 0.717) is 5.69 Å². The highest BCUT2D eigenvalue weighted by atomic mass is 18.2. The van der Waals surface area contributed by atoms with Gasteiger partial charge in [0.15, 0.2) is 0 Å². The van der Waals surface area contributed by atoms with E-state index in [4.69, 9.17) is 10.8 Å². The first-order chi connectivity index (χ1) is 8.93. The van der Waals surface area contributed by atoms with Crippen molar-refractivity contribution >= 4 is 11.8 Å². The molecule has 1 aromatic heterocycles. The molecule has 0 aliphatic heterocycles. The highest BCUT2D eigenvalue weighted by molar-refractivity contribution is 5.82. The van der Waals surface area contributed by atoms with Crippen LogP contribution in [0.15, 0.2) is 6.20 Å². The standard InChI is InChI=1S/C11H17FN4O3/c1-7(17)10(13)5-8(11(18)19)4-9-6-16(3-2-12)15-14-9/h6,8,10H,2-5,13H2,1H3,(H,18,19)/t8?,10-/m0/s1/i12-1. The van der Waals surface area contributed by atoms with Crippen LogP contribution in [0.4, 0.5) is 4.39 Å². The minimum absolute atomic E-state index is 0.0423. The molecule has 106 valence electrons. The molecule has 0 amide bonds. The maximum absolute atomic E-state index is 12.1. The number of carbonyl (C=O) groups excluding carboxylic acids is 1. The first kappa shape index (κ1) is 15.2. The van der Waals surface area contributed by atoms with E-state index in [1.54, 1.807) is 0 Å². The van der Waals surface area contributed by atoms with Crippen LogP contribution in [0.2, 0.25) is 0 Å². The Kier molecular flexibility index (Phi) is 5.56. The number of carboxylic acids is 1. The number of aromatic nitrogens is 3. The summed E-state index contributed by atoms with van der Waals surface area (Å²) in [5, 5.41) is 16.5. The van der Waals surface area contributed by atoms with Gasteiger partial charge in [-0.1, -0.05) is 5.21 Å². The number of hydrogen-bond acceptors (Lipinski definition) is 5. The molecule has 0 fully saturated rings. The molecule has 0 aliphatic carbocycles. The van der Waals surface area contributed by atoms with Crippen LogP contribution in [-0.4, -0.2) is 44.6 Å². The van der Waals surface area contributed by atoms with Crippen molar-refractivity contribution in [3.63, 3.8) is 0 Å². The van der Waals surface area contributed by atoms with Gasteiger partial charge < -0.3 is 10.8 Å². The van der Waals surface area contributed by atoms with Crippen molar-refractivity contribution in [3.8, 4) is 0 Å². The summed E-state index contributed by atoms with van der Waals surface area (Å²) in [6, 6.07) is -0.804. The number of alkyl halides is 1. The molecule has 1 unspecified atom stereocenters. The lowest BCUT2D eigenvalue weighted by Crippen LogP contribution is -2.34. The predicted octanol–water partition coefficient (Wildman–Crippen LogP) is -0.203. The molecule has 8 heteroatoms. The van der Waals surface area contributed by atoms with Gasteiger partial charge in [-0.05, 0) is 13.3 Å². The third-order valence-corrected chi connectivity index (χ3v) is 2.77. The van der Waals surface area contributed by atoms with Gasteiger partial charge in [-0.2, -0.15) is 0 Å². The predicted molar refractivity (Wildman–Crippen MR) is 64.1 cm³/mol. The number of nitrogens with two attached hydrogens (primary N) is 1. The fraction of sp³-hybridized carbons (Fsp3) is 0.636. The van der Waals surface area contributed by atoms with E-state index in [9.17, 15) is 14.0 Å². The molecule has 0 aromatic carbocycles. The molecule has 0 bridgehead atoms. The maximum Gasteiger partial charge on any atom is 0.306 e. The average Bonchev–Trinajstić information content (AvgIpc) is 2.76. The Bertz CT molecular complexity index is 449. The second-order valence-electron chi connectivity index (χ2n) is 4.35. The monoisotopic (exact) mass is 271 g/mol. The number of carbonyl (C=O) groups is 2. The van der Waals surface area contributed by atoms with Crippen molar-refractivity contribution in [3.05, 3.63) is 11.9 Å². The Morgan fingerprint density at radius 2 is 2.26 bits per heavy atom.